The van der Waals surface area contributed by atoms with E-state index < -0.39 is 0 Å². The first kappa shape index (κ1) is 12.7. The van der Waals surface area contributed by atoms with Crippen LogP contribution in [0.25, 0.3) is 5.82 Å². The molecule has 0 saturated heterocycles. The van der Waals surface area contributed by atoms with Crippen LogP contribution in [-0.2, 0) is 6.54 Å². The minimum absolute atomic E-state index is 0.727. The smallest absolute Gasteiger partial charge is 0.178 e. The molecule has 0 unspecified atom stereocenters. The molecule has 0 saturated carbocycles. The number of anilines is 1. The van der Waals surface area contributed by atoms with Crippen LogP contribution in [0, 0.1) is 13.8 Å². The third-order valence-corrected chi connectivity index (χ3v) is 3.93. The van der Waals surface area contributed by atoms with Gasteiger partial charge in [-0.2, -0.15) is 5.10 Å². The van der Waals surface area contributed by atoms with Crippen LogP contribution in [0.2, 0.25) is 0 Å². The summed E-state index contributed by atoms with van der Waals surface area (Å²) in [6.07, 6.45) is 4.87. The van der Waals surface area contributed by atoms with Crippen molar-refractivity contribution in [3.8, 4) is 5.82 Å². The molecule has 0 spiro atoms. The SMILES string of the molecule is Cc1nc(C)c(CNc2cccnc2-n2cncn2)s1. The van der Waals surface area contributed by atoms with Crippen LogP contribution in [0.15, 0.2) is 31.0 Å². The lowest BCUT2D eigenvalue weighted by molar-refractivity contribution is 0.844. The van der Waals surface area contributed by atoms with E-state index in [0.29, 0.717) is 0 Å². The second kappa shape index (κ2) is 5.38. The lowest BCUT2D eigenvalue weighted by Gasteiger charge is -2.09. The van der Waals surface area contributed by atoms with Gasteiger partial charge in [0.2, 0.25) is 0 Å². The van der Waals surface area contributed by atoms with Gasteiger partial charge in [0.15, 0.2) is 5.82 Å². The van der Waals surface area contributed by atoms with Gasteiger partial charge in [0.25, 0.3) is 0 Å². The third kappa shape index (κ3) is 2.53. The Kier molecular flexibility index (Phi) is 3.42. The van der Waals surface area contributed by atoms with E-state index in [0.717, 1.165) is 28.8 Å². The lowest BCUT2D eigenvalue weighted by Crippen LogP contribution is -2.06. The first-order valence-electron chi connectivity index (χ1n) is 6.21. The van der Waals surface area contributed by atoms with Crippen LogP contribution >= 0.6 is 11.3 Å². The molecule has 0 radical (unpaired) electrons. The van der Waals surface area contributed by atoms with E-state index in [-0.39, 0.29) is 0 Å². The van der Waals surface area contributed by atoms with Crippen LogP contribution < -0.4 is 5.32 Å². The molecule has 0 fully saturated rings. The van der Waals surface area contributed by atoms with E-state index in [2.05, 4.69) is 25.4 Å². The topological polar surface area (TPSA) is 68.5 Å². The highest BCUT2D eigenvalue weighted by atomic mass is 32.1. The quantitative estimate of drug-likeness (QED) is 0.797. The van der Waals surface area contributed by atoms with Crippen LogP contribution in [-0.4, -0.2) is 24.7 Å². The highest BCUT2D eigenvalue weighted by Crippen LogP contribution is 2.21. The van der Waals surface area contributed by atoms with Gasteiger partial charge in [-0.15, -0.1) is 11.3 Å². The largest absolute Gasteiger partial charge is 0.377 e. The van der Waals surface area contributed by atoms with Gasteiger partial charge in [0, 0.05) is 11.1 Å². The number of nitrogens with one attached hydrogen (secondary N) is 1. The molecule has 102 valence electrons. The highest BCUT2D eigenvalue weighted by Gasteiger charge is 2.08. The van der Waals surface area contributed by atoms with Crippen molar-refractivity contribution < 1.29 is 0 Å². The van der Waals surface area contributed by atoms with Crippen molar-refractivity contribution in [3.05, 3.63) is 46.6 Å². The minimum atomic E-state index is 0.727. The molecule has 3 rings (SSSR count). The van der Waals surface area contributed by atoms with Crippen molar-refractivity contribution in [2.45, 2.75) is 20.4 Å². The first-order chi connectivity index (χ1) is 9.74. The molecule has 0 bridgehead atoms. The minimum Gasteiger partial charge on any atom is -0.377 e. The average Bonchev–Trinajstić information content (AvgIpc) is 3.07. The summed E-state index contributed by atoms with van der Waals surface area (Å²) in [7, 11) is 0. The fourth-order valence-electron chi connectivity index (χ4n) is 1.95. The molecular formula is C13H14N6S. The Morgan fingerprint density at radius 1 is 1.35 bits per heavy atom. The van der Waals surface area contributed by atoms with Crippen LogP contribution in [0.4, 0.5) is 5.69 Å². The Balaban J connectivity index is 1.83. The lowest BCUT2D eigenvalue weighted by atomic mass is 10.3. The Labute approximate surface area is 120 Å². The van der Waals surface area contributed by atoms with Crippen LogP contribution in [0.1, 0.15) is 15.6 Å². The number of pyridine rings is 1. The molecular weight excluding hydrogens is 272 g/mol. The molecule has 7 heteroatoms. The van der Waals surface area contributed by atoms with Gasteiger partial charge in [-0.25, -0.2) is 19.6 Å². The summed E-state index contributed by atoms with van der Waals surface area (Å²) < 4.78 is 1.65. The predicted molar refractivity (Wildman–Crippen MR) is 78.1 cm³/mol. The van der Waals surface area contributed by atoms with Gasteiger partial charge >= 0.3 is 0 Å². The summed E-state index contributed by atoms with van der Waals surface area (Å²) in [5.41, 5.74) is 2.00. The molecule has 6 nitrogen and oxygen atoms in total. The van der Waals surface area contributed by atoms with Gasteiger partial charge in [0.1, 0.15) is 12.7 Å². The summed E-state index contributed by atoms with van der Waals surface area (Å²) in [6, 6.07) is 3.88. The highest BCUT2D eigenvalue weighted by molar-refractivity contribution is 7.11. The van der Waals surface area contributed by atoms with E-state index in [4.69, 9.17) is 0 Å². The summed E-state index contributed by atoms with van der Waals surface area (Å²) in [4.78, 5) is 14.0. The zero-order chi connectivity index (χ0) is 13.9. The van der Waals surface area contributed by atoms with Crippen LogP contribution in [0.3, 0.4) is 0 Å². The van der Waals surface area contributed by atoms with Gasteiger partial charge in [-0.1, -0.05) is 0 Å². The van der Waals surface area contributed by atoms with Crippen molar-refractivity contribution >= 4 is 17.0 Å². The standard InChI is InChI=1S/C13H14N6S/c1-9-12(20-10(2)18-9)6-16-11-4-3-5-15-13(11)19-8-14-7-17-19/h3-5,7-8,16H,6H2,1-2H3. The zero-order valence-electron chi connectivity index (χ0n) is 11.2. The third-order valence-electron chi connectivity index (χ3n) is 2.86. The summed E-state index contributed by atoms with van der Waals surface area (Å²) in [6.45, 7) is 4.78. The van der Waals surface area contributed by atoms with E-state index in [1.165, 1.54) is 11.2 Å². The number of rotatable bonds is 4. The summed E-state index contributed by atoms with van der Waals surface area (Å²) in [5, 5.41) is 8.59. The molecule has 0 aliphatic carbocycles. The Bertz CT molecular complexity index is 703. The second-order valence-electron chi connectivity index (χ2n) is 4.31. The maximum Gasteiger partial charge on any atom is 0.178 e. The maximum atomic E-state index is 4.43. The molecule has 3 aromatic heterocycles. The van der Waals surface area contributed by atoms with E-state index in [9.17, 15) is 0 Å². The second-order valence-corrected chi connectivity index (χ2v) is 5.60. The van der Waals surface area contributed by atoms with Crippen molar-refractivity contribution in [2.24, 2.45) is 0 Å². The average molecular weight is 286 g/mol. The fourth-order valence-corrected chi connectivity index (χ4v) is 2.82. The maximum absolute atomic E-state index is 4.43. The molecule has 3 aromatic rings. The zero-order valence-corrected chi connectivity index (χ0v) is 12.1. The van der Waals surface area contributed by atoms with Crippen molar-refractivity contribution in [3.63, 3.8) is 0 Å². The number of aryl methyl sites for hydroxylation is 2. The Morgan fingerprint density at radius 2 is 2.25 bits per heavy atom. The molecule has 20 heavy (non-hydrogen) atoms. The molecule has 0 atom stereocenters. The van der Waals surface area contributed by atoms with Crippen molar-refractivity contribution in [1.29, 1.82) is 0 Å². The van der Waals surface area contributed by atoms with Crippen molar-refractivity contribution in [2.75, 3.05) is 5.32 Å². The molecule has 0 amide bonds. The number of hydrogen-bond acceptors (Lipinski definition) is 6. The molecule has 0 aliphatic heterocycles. The van der Waals surface area contributed by atoms with E-state index >= 15 is 0 Å². The van der Waals surface area contributed by atoms with Gasteiger partial charge in [-0.3, -0.25) is 0 Å². The normalized spacial score (nSPS) is 10.7. The number of nitrogens with zero attached hydrogens (tertiary/aromatic N) is 5. The molecule has 3 heterocycles. The Hall–Kier alpha value is -2.28. The van der Waals surface area contributed by atoms with E-state index in [1.807, 2.05) is 26.0 Å². The van der Waals surface area contributed by atoms with Crippen LogP contribution in [0.5, 0.6) is 0 Å². The van der Waals surface area contributed by atoms with E-state index in [1.54, 1.807) is 28.5 Å². The monoisotopic (exact) mass is 286 g/mol. The van der Waals surface area contributed by atoms with Gasteiger partial charge in [0.05, 0.1) is 22.9 Å². The number of aromatic nitrogens is 5. The predicted octanol–water partition coefficient (Wildman–Crippen LogP) is 2.35. The van der Waals surface area contributed by atoms with Gasteiger partial charge < -0.3 is 5.32 Å². The first-order valence-corrected chi connectivity index (χ1v) is 7.02. The van der Waals surface area contributed by atoms with Gasteiger partial charge in [-0.05, 0) is 26.0 Å². The molecule has 1 N–H and O–H groups in total. The molecule has 0 aliphatic rings. The number of hydrogen-bond donors (Lipinski definition) is 1. The fraction of sp³-hybridized carbons (Fsp3) is 0.231. The summed E-state index contributed by atoms with van der Waals surface area (Å²) in [5.74, 6) is 0.740. The Morgan fingerprint density at radius 3 is 2.95 bits per heavy atom. The number of thiazole rings is 1. The molecule has 0 aromatic carbocycles. The van der Waals surface area contributed by atoms with Crippen molar-refractivity contribution in [1.82, 2.24) is 24.7 Å². The summed E-state index contributed by atoms with van der Waals surface area (Å²) >= 11 is 1.71.